The molecule has 0 aromatic carbocycles. The molecule has 118 valence electrons. The molecule has 5 nitrogen and oxygen atoms in total. The van der Waals surface area contributed by atoms with Crippen molar-refractivity contribution in [3.8, 4) is 0 Å². The largest absolute Gasteiger partial charge is 0.372 e. The summed E-state index contributed by atoms with van der Waals surface area (Å²) in [5.74, 6) is 0. The molecule has 0 saturated carbocycles. The molecule has 0 spiro atoms. The Morgan fingerprint density at radius 1 is 1.41 bits per heavy atom. The minimum absolute atomic E-state index is 0.106. The Morgan fingerprint density at radius 3 is 3.18 bits per heavy atom. The Morgan fingerprint density at radius 2 is 2.36 bits per heavy atom. The fourth-order valence-corrected chi connectivity index (χ4v) is 4.55. The van der Waals surface area contributed by atoms with Crippen LogP contribution in [0.2, 0.25) is 0 Å². The second-order valence-electron chi connectivity index (χ2n) is 6.20. The van der Waals surface area contributed by atoms with Gasteiger partial charge in [0.2, 0.25) is 0 Å². The topological polar surface area (TPSA) is 52.0 Å². The highest BCUT2D eigenvalue weighted by Gasteiger charge is 2.28. The van der Waals surface area contributed by atoms with Gasteiger partial charge in [0.25, 0.3) is 0 Å². The van der Waals surface area contributed by atoms with Crippen molar-refractivity contribution in [3.05, 3.63) is 33.5 Å². The summed E-state index contributed by atoms with van der Waals surface area (Å²) in [4.78, 5) is 6.28. The van der Waals surface area contributed by atoms with E-state index in [9.17, 15) is 0 Å². The van der Waals surface area contributed by atoms with E-state index in [0.29, 0.717) is 6.04 Å². The number of thiazole rings is 1. The van der Waals surface area contributed by atoms with Crippen molar-refractivity contribution < 1.29 is 4.74 Å². The molecular formula is C16H22N4OS. The van der Waals surface area contributed by atoms with Gasteiger partial charge in [-0.1, -0.05) is 0 Å². The van der Waals surface area contributed by atoms with E-state index in [0.717, 1.165) is 32.4 Å². The van der Waals surface area contributed by atoms with Crippen LogP contribution in [-0.2, 0) is 31.2 Å². The van der Waals surface area contributed by atoms with Crippen LogP contribution >= 0.6 is 11.3 Å². The van der Waals surface area contributed by atoms with E-state index in [1.807, 2.05) is 29.3 Å². The van der Waals surface area contributed by atoms with E-state index >= 15 is 0 Å². The number of hydrogen-bond donors (Lipinski definition) is 1. The third-order valence-electron chi connectivity index (χ3n) is 4.53. The molecule has 2 aromatic heterocycles. The van der Waals surface area contributed by atoms with Crippen molar-refractivity contribution in [2.45, 2.75) is 50.8 Å². The molecule has 3 heterocycles. The summed E-state index contributed by atoms with van der Waals surface area (Å²) in [6.07, 6.45) is 10.0. The number of aromatic nitrogens is 3. The summed E-state index contributed by atoms with van der Waals surface area (Å²) in [7, 11) is 1.95. The molecule has 6 heteroatoms. The lowest BCUT2D eigenvalue weighted by Crippen LogP contribution is -2.39. The zero-order chi connectivity index (χ0) is 14.9. The average Bonchev–Trinajstić information content (AvgIpc) is 3.21. The average molecular weight is 318 g/mol. The summed E-state index contributed by atoms with van der Waals surface area (Å²) >= 11 is 1.88. The zero-order valence-electron chi connectivity index (χ0n) is 12.9. The number of ether oxygens (including phenoxy) is 1. The molecule has 2 aliphatic rings. The minimum Gasteiger partial charge on any atom is -0.372 e. The summed E-state index contributed by atoms with van der Waals surface area (Å²) in [5.41, 5.74) is 2.51. The predicted molar refractivity (Wildman–Crippen MR) is 85.9 cm³/mol. The second kappa shape index (κ2) is 6.10. The highest BCUT2D eigenvalue weighted by Crippen LogP contribution is 2.30. The molecular weight excluding hydrogens is 296 g/mol. The van der Waals surface area contributed by atoms with Crippen LogP contribution in [0.25, 0.3) is 0 Å². The van der Waals surface area contributed by atoms with Gasteiger partial charge in [0, 0.05) is 42.9 Å². The maximum Gasteiger partial charge on any atom is 0.107 e. The van der Waals surface area contributed by atoms with Gasteiger partial charge in [-0.05, 0) is 32.1 Å². The standard InChI is InChI=1S/C16H22N4OS/c1-20-10-11(8-18-20)16-13(5-3-7-21-16)17-9-15-19-12-4-2-6-14(12)22-15/h8,10,13,16-17H,2-7,9H2,1H3/t13-,16+/m0/s1. The number of aryl methyl sites for hydroxylation is 3. The van der Waals surface area contributed by atoms with Crippen molar-refractivity contribution in [3.63, 3.8) is 0 Å². The highest BCUT2D eigenvalue weighted by molar-refractivity contribution is 7.11. The molecule has 4 rings (SSSR count). The molecule has 1 saturated heterocycles. The van der Waals surface area contributed by atoms with Crippen molar-refractivity contribution in [1.29, 1.82) is 0 Å². The number of nitrogens with one attached hydrogen (secondary N) is 1. The fourth-order valence-electron chi connectivity index (χ4n) is 3.44. The van der Waals surface area contributed by atoms with Gasteiger partial charge in [0.1, 0.15) is 11.1 Å². The maximum atomic E-state index is 6.01. The summed E-state index contributed by atoms with van der Waals surface area (Å²) < 4.78 is 7.85. The molecule has 2 atom stereocenters. The molecule has 22 heavy (non-hydrogen) atoms. The summed E-state index contributed by atoms with van der Waals surface area (Å²) in [6, 6.07) is 0.344. The Bertz CT molecular complexity index is 629. The third-order valence-corrected chi connectivity index (χ3v) is 5.69. The molecule has 0 amide bonds. The van der Waals surface area contributed by atoms with Crippen molar-refractivity contribution >= 4 is 11.3 Å². The first-order chi connectivity index (χ1) is 10.8. The Hall–Kier alpha value is -1.24. The van der Waals surface area contributed by atoms with Crippen LogP contribution in [0.1, 0.15) is 46.5 Å². The monoisotopic (exact) mass is 318 g/mol. The van der Waals surface area contributed by atoms with E-state index in [4.69, 9.17) is 9.72 Å². The van der Waals surface area contributed by atoms with Crippen molar-refractivity contribution in [1.82, 2.24) is 20.1 Å². The van der Waals surface area contributed by atoms with Crippen LogP contribution in [0.4, 0.5) is 0 Å². The fraction of sp³-hybridized carbons (Fsp3) is 0.625. The van der Waals surface area contributed by atoms with Crippen LogP contribution in [0.5, 0.6) is 0 Å². The van der Waals surface area contributed by atoms with Crippen molar-refractivity contribution in [2.24, 2.45) is 7.05 Å². The molecule has 2 aromatic rings. The van der Waals surface area contributed by atoms with Crippen LogP contribution in [0.3, 0.4) is 0 Å². The van der Waals surface area contributed by atoms with Crippen LogP contribution in [-0.4, -0.2) is 27.4 Å². The lowest BCUT2D eigenvalue weighted by atomic mass is 9.98. The normalized spacial score (nSPS) is 24.6. The van der Waals surface area contributed by atoms with Crippen LogP contribution in [0.15, 0.2) is 12.4 Å². The first-order valence-corrected chi connectivity index (χ1v) is 8.92. The number of fused-ring (bicyclic) bond motifs is 1. The van der Waals surface area contributed by atoms with Crippen LogP contribution in [0, 0.1) is 0 Å². The minimum atomic E-state index is 0.106. The number of nitrogens with zero attached hydrogens (tertiary/aromatic N) is 3. The number of hydrogen-bond acceptors (Lipinski definition) is 5. The maximum absolute atomic E-state index is 6.01. The van der Waals surface area contributed by atoms with E-state index in [-0.39, 0.29) is 6.10 Å². The SMILES string of the molecule is Cn1cc([C@H]2OCCC[C@@H]2NCc2nc3c(s2)CCC3)cn1. The summed E-state index contributed by atoms with van der Waals surface area (Å²) in [6.45, 7) is 1.69. The Labute approximate surface area is 134 Å². The molecule has 0 radical (unpaired) electrons. The molecule has 1 fully saturated rings. The lowest BCUT2D eigenvalue weighted by Gasteiger charge is -2.31. The zero-order valence-corrected chi connectivity index (χ0v) is 13.7. The van der Waals surface area contributed by atoms with Gasteiger partial charge in [0.15, 0.2) is 0 Å². The van der Waals surface area contributed by atoms with E-state index in [2.05, 4.69) is 16.6 Å². The van der Waals surface area contributed by atoms with Gasteiger partial charge >= 0.3 is 0 Å². The van der Waals surface area contributed by atoms with Gasteiger partial charge in [-0.15, -0.1) is 11.3 Å². The third kappa shape index (κ3) is 2.83. The molecule has 1 aliphatic carbocycles. The molecule has 0 bridgehead atoms. The molecule has 0 unspecified atom stereocenters. The van der Waals surface area contributed by atoms with E-state index in [1.54, 1.807) is 0 Å². The van der Waals surface area contributed by atoms with Gasteiger partial charge in [-0.3, -0.25) is 4.68 Å². The van der Waals surface area contributed by atoms with Gasteiger partial charge in [-0.25, -0.2) is 4.98 Å². The first-order valence-electron chi connectivity index (χ1n) is 8.10. The van der Waals surface area contributed by atoms with Gasteiger partial charge in [-0.2, -0.15) is 5.10 Å². The van der Waals surface area contributed by atoms with Gasteiger partial charge in [0.05, 0.1) is 11.9 Å². The summed E-state index contributed by atoms with van der Waals surface area (Å²) in [5, 5.41) is 9.17. The van der Waals surface area contributed by atoms with Crippen LogP contribution < -0.4 is 5.32 Å². The Kier molecular flexibility index (Phi) is 3.98. The Balaban J connectivity index is 1.43. The smallest absolute Gasteiger partial charge is 0.107 e. The first kappa shape index (κ1) is 14.4. The predicted octanol–water partition coefficient (Wildman–Crippen LogP) is 2.38. The molecule has 1 aliphatic heterocycles. The quantitative estimate of drug-likeness (QED) is 0.940. The van der Waals surface area contributed by atoms with Gasteiger partial charge < -0.3 is 10.1 Å². The number of rotatable bonds is 4. The lowest BCUT2D eigenvalue weighted by molar-refractivity contribution is -0.0112. The van der Waals surface area contributed by atoms with Crippen molar-refractivity contribution in [2.75, 3.05) is 6.61 Å². The van der Waals surface area contributed by atoms with E-state index < -0.39 is 0 Å². The molecule has 1 N–H and O–H groups in total. The second-order valence-corrected chi connectivity index (χ2v) is 7.37. The highest BCUT2D eigenvalue weighted by atomic mass is 32.1. The van der Waals surface area contributed by atoms with E-state index in [1.165, 1.54) is 34.0 Å².